The Hall–Kier alpha value is -3.73. The first-order chi connectivity index (χ1) is 16.5. The van der Waals surface area contributed by atoms with E-state index in [4.69, 9.17) is 4.98 Å². The number of carbonyl (C=O) groups excluding carboxylic acids is 1. The standard InChI is InChI=1S/C29H31N3O2/c1-4-24(23-16-10-7-11-17-23)28(33)31(5-2)21(3)27-30-26-19-13-12-18-25(26)29(34)32(27)20-22-14-8-6-9-15-22/h6-19,21,24H,4-5,20H2,1-3H3. The predicted octanol–water partition coefficient (Wildman–Crippen LogP) is 5.55. The normalized spacial score (nSPS) is 12.9. The second-order valence-corrected chi connectivity index (χ2v) is 8.54. The molecular formula is C29H31N3O2. The van der Waals surface area contributed by atoms with Crippen LogP contribution in [0.5, 0.6) is 0 Å². The Morgan fingerprint density at radius 2 is 1.53 bits per heavy atom. The third-order valence-corrected chi connectivity index (χ3v) is 6.45. The van der Waals surface area contributed by atoms with Crippen molar-refractivity contribution in [1.82, 2.24) is 14.5 Å². The summed E-state index contributed by atoms with van der Waals surface area (Å²) < 4.78 is 1.72. The van der Waals surface area contributed by atoms with Crippen molar-refractivity contribution < 1.29 is 4.79 Å². The fraction of sp³-hybridized carbons (Fsp3) is 0.276. The molecule has 0 aliphatic heterocycles. The second-order valence-electron chi connectivity index (χ2n) is 8.54. The Kier molecular flexibility index (Phi) is 7.21. The lowest BCUT2D eigenvalue weighted by Crippen LogP contribution is -2.40. The molecule has 5 heteroatoms. The summed E-state index contributed by atoms with van der Waals surface area (Å²) in [7, 11) is 0. The number of benzene rings is 3. The van der Waals surface area contributed by atoms with E-state index < -0.39 is 0 Å². The van der Waals surface area contributed by atoms with Gasteiger partial charge in [-0.15, -0.1) is 0 Å². The third-order valence-electron chi connectivity index (χ3n) is 6.45. The smallest absolute Gasteiger partial charge is 0.261 e. The van der Waals surface area contributed by atoms with Crippen LogP contribution in [0.3, 0.4) is 0 Å². The fourth-order valence-corrected chi connectivity index (χ4v) is 4.62. The number of likely N-dealkylation sites (N-methyl/N-ethyl adjacent to an activating group) is 1. The van der Waals surface area contributed by atoms with Crippen molar-refractivity contribution in [2.75, 3.05) is 6.54 Å². The summed E-state index contributed by atoms with van der Waals surface area (Å²) in [6.07, 6.45) is 0.702. The van der Waals surface area contributed by atoms with Crippen LogP contribution in [0.4, 0.5) is 0 Å². The topological polar surface area (TPSA) is 55.2 Å². The number of aromatic nitrogens is 2. The van der Waals surface area contributed by atoms with Crippen LogP contribution in [0.2, 0.25) is 0 Å². The zero-order chi connectivity index (χ0) is 24.1. The summed E-state index contributed by atoms with van der Waals surface area (Å²) in [5.74, 6) is 0.418. The van der Waals surface area contributed by atoms with Crippen molar-refractivity contribution in [3.8, 4) is 0 Å². The Morgan fingerprint density at radius 3 is 2.18 bits per heavy atom. The van der Waals surface area contributed by atoms with Crippen LogP contribution in [-0.4, -0.2) is 26.9 Å². The number of amides is 1. The lowest BCUT2D eigenvalue weighted by Gasteiger charge is -2.32. The van der Waals surface area contributed by atoms with Gasteiger partial charge in [0.2, 0.25) is 5.91 Å². The van der Waals surface area contributed by atoms with Crippen LogP contribution in [-0.2, 0) is 11.3 Å². The number of rotatable bonds is 8. The van der Waals surface area contributed by atoms with E-state index in [1.54, 1.807) is 4.57 Å². The van der Waals surface area contributed by atoms with Gasteiger partial charge in [0.05, 0.1) is 29.4 Å². The molecule has 0 fully saturated rings. The molecule has 2 atom stereocenters. The summed E-state index contributed by atoms with van der Waals surface area (Å²) in [6.45, 7) is 6.91. The highest BCUT2D eigenvalue weighted by Crippen LogP contribution is 2.28. The van der Waals surface area contributed by atoms with Crippen molar-refractivity contribution in [1.29, 1.82) is 0 Å². The highest BCUT2D eigenvalue weighted by Gasteiger charge is 2.30. The molecule has 5 nitrogen and oxygen atoms in total. The summed E-state index contributed by atoms with van der Waals surface area (Å²) in [6, 6.07) is 26.8. The van der Waals surface area contributed by atoms with E-state index >= 15 is 0 Å². The molecule has 0 aliphatic rings. The summed E-state index contributed by atoms with van der Waals surface area (Å²) >= 11 is 0. The molecule has 0 spiro atoms. The van der Waals surface area contributed by atoms with Gasteiger partial charge in [0.15, 0.2) is 0 Å². The molecule has 0 N–H and O–H groups in total. The van der Waals surface area contributed by atoms with E-state index in [-0.39, 0.29) is 23.4 Å². The second kappa shape index (κ2) is 10.5. The first-order valence-corrected chi connectivity index (χ1v) is 11.9. The maximum Gasteiger partial charge on any atom is 0.261 e. The van der Waals surface area contributed by atoms with Gasteiger partial charge in [0.1, 0.15) is 5.82 Å². The van der Waals surface area contributed by atoms with Crippen molar-refractivity contribution in [2.24, 2.45) is 0 Å². The average Bonchev–Trinajstić information content (AvgIpc) is 2.88. The lowest BCUT2D eigenvalue weighted by atomic mass is 9.94. The van der Waals surface area contributed by atoms with Crippen LogP contribution in [0.1, 0.15) is 56.1 Å². The molecule has 0 radical (unpaired) electrons. The highest BCUT2D eigenvalue weighted by molar-refractivity contribution is 5.84. The Bertz CT molecular complexity index is 1320. The molecule has 1 aromatic heterocycles. The van der Waals surface area contributed by atoms with Gasteiger partial charge in [0.25, 0.3) is 5.56 Å². The van der Waals surface area contributed by atoms with Crippen molar-refractivity contribution in [3.63, 3.8) is 0 Å². The van der Waals surface area contributed by atoms with Gasteiger partial charge in [-0.1, -0.05) is 79.7 Å². The van der Waals surface area contributed by atoms with Gasteiger partial charge in [-0.05, 0) is 43.5 Å². The van der Waals surface area contributed by atoms with Gasteiger partial charge in [-0.2, -0.15) is 0 Å². The summed E-state index contributed by atoms with van der Waals surface area (Å²) in [5, 5.41) is 0.583. The van der Waals surface area contributed by atoms with Crippen LogP contribution in [0.15, 0.2) is 89.7 Å². The molecule has 0 saturated heterocycles. The van der Waals surface area contributed by atoms with Crippen molar-refractivity contribution in [3.05, 3.63) is 112 Å². The van der Waals surface area contributed by atoms with E-state index in [0.717, 1.165) is 11.1 Å². The van der Waals surface area contributed by atoms with Crippen molar-refractivity contribution in [2.45, 2.75) is 45.7 Å². The predicted molar refractivity (Wildman–Crippen MR) is 137 cm³/mol. The first-order valence-electron chi connectivity index (χ1n) is 11.9. The van der Waals surface area contributed by atoms with Crippen molar-refractivity contribution >= 4 is 16.8 Å². The van der Waals surface area contributed by atoms with E-state index in [1.165, 1.54) is 0 Å². The molecule has 1 amide bonds. The number of hydrogen-bond donors (Lipinski definition) is 0. The van der Waals surface area contributed by atoms with Gasteiger partial charge < -0.3 is 4.90 Å². The molecule has 34 heavy (non-hydrogen) atoms. The van der Waals surface area contributed by atoms with E-state index in [2.05, 4.69) is 0 Å². The Balaban J connectivity index is 1.79. The number of nitrogens with zero attached hydrogens (tertiary/aromatic N) is 3. The molecule has 0 aliphatic carbocycles. The number of para-hydroxylation sites is 1. The molecule has 4 rings (SSSR count). The largest absolute Gasteiger partial charge is 0.333 e. The average molecular weight is 454 g/mol. The maximum absolute atomic E-state index is 13.7. The molecule has 0 bridgehead atoms. The van der Waals surface area contributed by atoms with Gasteiger partial charge in [-0.3, -0.25) is 14.2 Å². The SMILES string of the molecule is CCC(C(=O)N(CC)C(C)c1nc2ccccc2c(=O)n1Cc1ccccc1)c1ccccc1. The molecule has 174 valence electrons. The minimum atomic E-state index is -0.365. The molecular weight excluding hydrogens is 422 g/mol. The van der Waals surface area contributed by atoms with Crippen LogP contribution >= 0.6 is 0 Å². The third kappa shape index (κ3) is 4.65. The van der Waals surface area contributed by atoms with Crippen LogP contribution in [0.25, 0.3) is 10.9 Å². The number of carbonyl (C=O) groups is 1. The van der Waals surface area contributed by atoms with Crippen LogP contribution < -0.4 is 5.56 Å². The molecule has 2 unspecified atom stereocenters. The molecule has 3 aromatic carbocycles. The van der Waals surface area contributed by atoms with E-state index in [1.807, 2.05) is 111 Å². The lowest BCUT2D eigenvalue weighted by molar-refractivity contribution is -0.135. The Labute approximate surface area is 200 Å². The van der Waals surface area contributed by atoms with E-state index in [9.17, 15) is 9.59 Å². The van der Waals surface area contributed by atoms with Gasteiger partial charge >= 0.3 is 0 Å². The highest BCUT2D eigenvalue weighted by atomic mass is 16.2. The monoisotopic (exact) mass is 453 g/mol. The Morgan fingerprint density at radius 1 is 0.912 bits per heavy atom. The minimum absolute atomic E-state index is 0.0531. The first kappa shape index (κ1) is 23.4. The summed E-state index contributed by atoms with van der Waals surface area (Å²) in [4.78, 5) is 34.1. The van der Waals surface area contributed by atoms with Crippen LogP contribution in [0, 0.1) is 0 Å². The van der Waals surface area contributed by atoms with Gasteiger partial charge in [-0.25, -0.2) is 4.98 Å². The molecule has 4 aromatic rings. The van der Waals surface area contributed by atoms with E-state index in [0.29, 0.717) is 36.2 Å². The quantitative estimate of drug-likeness (QED) is 0.352. The minimum Gasteiger partial charge on any atom is -0.333 e. The zero-order valence-corrected chi connectivity index (χ0v) is 20.0. The maximum atomic E-state index is 13.7. The number of hydrogen-bond acceptors (Lipinski definition) is 3. The molecule has 0 saturated carbocycles. The number of fused-ring (bicyclic) bond motifs is 1. The molecule has 1 heterocycles. The van der Waals surface area contributed by atoms with Gasteiger partial charge in [0, 0.05) is 6.54 Å². The summed E-state index contributed by atoms with van der Waals surface area (Å²) in [5.41, 5.74) is 2.58. The fourth-order valence-electron chi connectivity index (χ4n) is 4.62. The zero-order valence-electron chi connectivity index (χ0n) is 20.0.